The predicted molar refractivity (Wildman–Crippen MR) is 86.4 cm³/mol. The summed E-state index contributed by atoms with van der Waals surface area (Å²) in [4.78, 5) is 0. The molecule has 3 nitrogen and oxygen atoms in total. The minimum Gasteiger partial charge on any atom is -0.330 e. The molecule has 1 aliphatic carbocycles. The Morgan fingerprint density at radius 3 is 2.20 bits per heavy atom. The summed E-state index contributed by atoms with van der Waals surface area (Å²) in [5.41, 5.74) is 5.89. The lowest BCUT2D eigenvalue weighted by atomic mass is 9.70. The number of sulfone groups is 1. The van der Waals surface area contributed by atoms with E-state index in [1.54, 1.807) is 20.8 Å². The molecule has 1 fully saturated rings. The van der Waals surface area contributed by atoms with Gasteiger partial charge in [-0.1, -0.05) is 13.8 Å². The summed E-state index contributed by atoms with van der Waals surface area (Å²) in [6.07, 6.45) is 4.35. The summed E-state index contributed by atoms with van der Waals surface area (Å²) in [7, 11) is -3.01. The van der Waals surface area contributed by atoms with Crippen LogP contribution in [0.2, 0.25) is 0 Å². The van der Waals surface area contributed by atoms with Crippen LogP contribution in [0.5, 0.6) is 0 Å². The summed E-state index contributed by atoms with van der Waals surface area (Å²) in [6.45, 7) is 10.6. The molecule has 0 aromatic heterocycles. The van der Waals surface area contributed by atoms with E-state index < -0.39 is 14.6 Å². The first-order valence-corrected chi connectivity index (χ1v) is 9.66. The van der Waals surface area contributed by atoms with Crippen molar-refractivity contribution in [3.8, 4) is 0 Å². The third-order valence-electron chi connectivity index (χ3n) is 5.12. The zero-order valence-corrected chi connectivity index (χ0v) is 14.7. The van der Waals surface area contributed by atoms with E-state index in [0.717, 1.165) is 18.8 Å². The molecule has 0 spiro atoms. The highest BCUT2D eigenvalue weighted by molar-refractivity contribution is 7.92. The zero-order valence-electron chi connectivity index (χ0n) is 13.9. The lowest BCUT2D eigenvalue weighted by molar-refractivity contribution is 0.148. The molecule has 0 aromatic rings. The third kappa shape index (κ3) is 4.45. The topological polar surface area (TPSA) is 60.2 Å². The van der Waals surface area contributed by atoms with Gasteiger partial charge in [-0.05, 0) is 76.7 Å². The Morgan fingerprint density at radius 1 is 1.15 bits per heavy atom. The van der Waals surface area contributed by atoms with Gasteiger partial charge in [0.15, 0.2) is 9.84 Å². The highest BCUT2D eigenvalue weighted by Crippen LogP contribution is 2.39. The van der Waals surface area contributed by atoms with Crippen molar-refractivity contribution in [3.05, 3.63) is 0 Å². The first-order chi connectivity index (χ1) is 9.08. The summed E-state index contributed by atoms with van der Waals surface area (Å²) in [6, 6.07) is 0. The smallest absolute Gasteiger partial charge is 0.155 e. The maximum atomic E-state index is 12.3. The van der Waals surface area contributed by atoms with Crippen LogP contribution >= 0.6 is 0 Å². The van der Waals surface area contributed by atoms with E-state index in [1.165, 1.54) is 12.8 Å². The molecule has 20 heavy (non-hydrogen) atoms. The van der Waals surface area contributed by atoms with Crippen molar-refractivity contribution < 1.29 is 8.42 Å². The third-order valence-corrected chi connectivity index (χ3v) is 7.76. The minimum absolute atomic E-state index is 0.308. The molecule has 0 saturated heterocycles. The van der Waals surface area contributed by atoms with Gasteiger partial charge in [-0.25, -0.2) is 8.42 Å². The van der Waals surface area contributed by atoms with Crippen LogP contribution in [0.25, 0.3) is 0 Å². The van der Waals surface area contributed by atoms with Gasteiger partial charge in [-0.3, -0.25) is 0 Å². The second-order valence-corrected chi connectivity index (χ2v) is 10.7. The second-order valence-electron chi connectivity index (χ2n) is 7.79. The minimum atomic E-state index is -3.01. The molecular weight excluding hydrogens is 270 g/mol. The van der Waals surface area contributed by atoms with E-state index >= 15 is 0 Å². The fourth-order valence-electron chi connectivity index (χ4n) is 3.25. The Morgan fingerprint density at radius 2 is 1.75 bits per heavy atom. The molecule has 3 unspecified atom stereocenters. The maximum absolute atomic E-state index is 12.3. The van der Waals surface area contributed by atoms with Gasteiger partial charge in [-0.15, -0.1) is 0 Å². The van der Waals surface area contributed by atoms with E-state index in [4.69, 9.17) is 5.73 Å². The van der Waals surface area contributed by atoms with E-state index in [1.807, 2.05) is 0 Å². The molecule has 0 radical (unpaired) electrons. The van der Waals surface area contributed by atoms with Gasteiger partial charge >= 0.3 is 0 Å². The van der Waals surface area contributed by atoms with Gasteiger partial charge < -0.3 is 5.73 Å². The highest BCUT2D eigenvalue weighted by atomic mass is 32.2. The quantitative estimate of drug-likeness (QED) is 0.848. The van der Waals surface area contributed by atoms with Crippen molar-refractivity contribution in [2.45, 2.75) is 65.0 Å². The molecule has 0 aromatic carbocycles. The predicted octanol–water partition coefficient (Wildman–Crippen LogP) is 3.24. The van der Waals surface area contributed by atoms with Crippen LogP contribution in [0.4, 0.5) is 0 Å². The van der Waals surface area contributed by atoms with E-state index in [9.17, 15) is 8.42 Å². The number of rotatable bonds is 5. The van der Waals surface area contributed by atoms with Crippen LogP contribution in [0, 0.1) is 23.7 Å². The Balaban J connectivity index is 2.68. The van der Waals surface area contributed by atoms with Gasteiger partial charge in [0.2, 0.25) is 0 Å². The zero-order chi connectivity index (χ0) is 15.6. The van der Waals surface area contributed by atoms with Gasteiger partial charge in [0, 0.05) is 0 Å². The van der Waals surface area contributed by atoms with Crippen LogP contribution in [0.3, 0.4) is 0 Å². The van der Waals surface area contributed by atoms with E-state index in [2.05, 4.69) is 13.8 Å². The van der Waals surface area contributed by atoms with Gasteiger partial charge in [0.25, 0.3) is 0 Å². The largest absolute Gasteiger partial charge is 0.330 e. The fraction of sp³-hybridized carbons (Fsp3) is 1.00. The average Bonchev–Trinajstić information content (AvgIpc) is 2.34. The van der Waals surface area contributed by atoms with Crippen molar-refractivity contribution >= 4 is 9.84 Å². The van der Waals surface area contributed by atoms with Crippen molar-refractivity contribution in [2.24, 2.45) is 29.4 Å². The molecule has 0 aliphatic heterocycles. The summed E-state index contributed by atoms with van der Waals surface area (Å²) in [5, 5.41) is 0. The SMILES string of the molecule is CC(C)C1CCC(CN)C(CCS(=O)(=O)C(C)(C)C)C1. The molecule has 0 bridgehead atoms. The monoisotopic (exact) mass is 303 g/mol. The molecule has 3 atom stereocenters. The summed E-state index contributed by atoms with van der Waals surface area (Å²) in [5.74, 6) is 2.73. The molecule has 0 amide bonds. The van der Waals surface area contributed by atoms with Gasteiger partial charge in [-0.2, -0.15) is 0 Å². The first-order valence-electron chi connectivity index (χ1n) is 8.01. The van der Waals surface area contributed by atoms with Crippen LogP contribution < -0.4 is 5.73 Å². The Bertz CT molecular complexity index is 395. The molecular formula is C16H33NO2S. The Kier molecular flexibility index (Phi) is 6.09. The van der Waals surface area contributed by atoms with Crippen LogP contribution in [-0.4, -0.2) is 25.5 Å². The fourth-order valence-corrected chi connectivity index (χ4v) is 4.47. The van der Waals surface area contributed by atoms with Gasteiger partial charge in [0.05, 0.1) is 10.5 Å². The van der Waals surface area contributed by atoms with E-state index in [-0.39, 0.29) is 0 Å². The molecule has 1 aliphatic rings. The lowest BCUT2D eigenvalue weighted by Gasteiger charge is -2.38. The molecule has 2 N–H and O–H groups in total. The number of hydrogen-bond donors (Lipinski definition) is 1. The average molecular weight is 304 g/mol. The molecule has 4 heteroatoms. The summed E-state index contributed by atoms with van der Waals surface area (Å²) < 4.78 is 23.9. The van der Waals surface area contributed by atoms with Crippen LogP contribution in [0.15, 0.2) is 0 Å². The molecule has 0 heterocycles. The van der Waals surface area contributed by atoms with E-state index in [0.29, 0.717) is 30.1 Å². The number of nitrogens with two attached hydrogens (primary N) is 1. The Hall–Kier alpha value is -0.0900. The Labute approximate surface area is 125 Å². The van der Waals surface area contributed by atoms with Crippen LogP contribution in [0.1, 0.15) is 60.3 Å². The molecule has 1 saturated carbocycles. The molecule has 120 valence electrons. The van der Waals surface area contributed by atoms with Crippen molar-refractivity contribution in [3.63, 3.8) is 0 Å². The van der Waals surface area contributed by atoms with Crippen molar-refractivity contribution in [1.29, 1.82) is 0 Å². The highest BCUT2D eigenvalue weighted by Gasteiger charge is 2.34. The lowest BCUT2D eigenvalue weighted by Crippen LogP contribution is -2.36. The summed E-state index contributed by atoms with van der Waals surface area (Å²) >= 11 is 0. The maximum Gasteiger partial charge on any atom is 0.155 e. The number of hydrogen-bond acceptors (Lipinski definition) is 3. The standard InChI is InChI=1S/C16H33NO2S/c1-12(2)13-6-7-15(11-17)14(10-13)8-9-20(18,19)16(3,4)5/h12-15H,6-11,17H2,1-5H3. The first kappa shape index (κ1) is 18.0. The van der Waals surface area contributed by atoms with Gasteiger partial charge in [0.1, 0.15) is 0 Å². The van der Waals surface area contributed by atoms with Crippen molar-refractivity contribution in [1.82, 2.24) is 0 Å². The van der Waals surface area contributed by atoms with Crippen LogP contribution in [-0.2, 0) is 9.84 Å². The second kappa shape index (κ2) is 6.78. The van der Waals surface area contributed by atoms with Crippen molar-refractivity contribution in [2.75, 3.05) is 12.3 Å². The normalized spacial score (nSPS) is 28.9. The molecule has 1 rings (SSSR count).